The van der Waals surface area contributed by atoms with Gasteiger partial charge in [0.25, 0.3) is 0 Å². The monoisotopic (exact) mass is 279 g/mol. The number of nitrogens with two attached hydrogens (primary N) is 1. The number of benzene rings is 1. The Labute approximate surface area is 118 Å². The highest BCUT2D eigenvalue weighted by Crippen LogP contribution is 2.24. The van der Waals surface area contributed by atoms with Crippen molar-refractivity contribution in [3.8, 4) is 0 Å². The molecular weight excluding hydrogens is 258 g/mol. The van der Waals surface area contributed by atoms with E-state index in [2.05, 4.69) is 10.6 Å². The van der Waals surface area contributed by atoms with Crippen molar-refractivity contribution in [3.05, 3.63) is 23.8 Å². The van der Waals surface area contributed by atoms with Crippen LogP contribution in [0.15, 0.2) is 18.2 Å². The van der Waals surface area contributed by atoms with E-state index < -0.39 is 12.0 Å². The minimum absolute atomic E-state index is 0.131. The molecular formula is C14H21N3O3. The molecule has 0 saturated heterocycles. The van der Waals surface area contributed by atoms with Crippen LogP contribution in [0.2, 0.25) is 0 Å². The van der Waals surface area contributed by atoms with Gasteiger partial charge in [0.05, 0.1) is 23.5 Å². The first-order valence-electron chi connectivity index (χ1n) is 6.61. The summed E-state index contributed by atoms with van der Waals surface area (Å²) in [6, 6.07) is 4.55. The lowest BCUT2D eigenvalue weighted by Crippen LogP contribution is -2.37. The standard InChI is InChI=1S/C14H21N3O3/c1-4-16-13(18)9(3)17-11-8-6-7-10(12(11)15)14(19)20-5-2/h6-9,17H,4-5,15H2,1-3H3,(H,16,18). The third-order valence-electron chi connectivity index (χ3n) is 2.72. The van der Waals surface area contributed by atoms with Gasteiger partial charge in [-0.15, -0.1) is 0 Å². The molecule has 0 aliphatic carbocycles. The van der Waals surface area contributed by atoms with E-state index in [4.69, 9.17) is 10.5 Å². The summed E-state index contributed by atoms with van der Waals surface area (Å²) in [5.74, 6) is -0.604. The molecule has 0 aromatic heterocycles. The summed E-state index contributed by atoms with van der Waals surface area (Å²) in [4.78, 5) is 23.4. The van der Waals surface area contributed by atoms with Crippen molar-refractivity contribution in [2.24, 2.45) is 0 Å². The quantitative estimate of drug-likeness (QED) is 0.540. The van der Waals surface area contributed by atoms with E-state index in [0.29, 0.717) is 17.8 Å². The van der Waals surface area contributed by atoms with Crippen molar-refractivity contribution in [2.75, 3.05) is 24.2 Å². The first-order chi connectivity index (χ1) is 9.51. The predicted octanol–water partition coefficient (Wildman–Crippen LogP) is 1.38. The summed E-state index contributed by atoms with van der Waals surface area (Å²) in [6.07, 6.45) is 0. The minimum atomic E-state index is -0.473. The average molecular weight is 279 g/mol. The zero-order chi connectivity index (χ0) is 15.1. The van der Waals surface area contributed by atoms with E-state index in [-0.39, 0.29) is 18.2 Å². The molecule has 0 bridgehead atoms. The topological polar surface area (TPSA) is 93.5 Å². The number of esters is 1. The summed E-state index contributed by atoms with van der Waals surface area (Å²) >= 11 is 0. The van der Waals surface area contributed by atoms with Crippen LogP contribution in [-0.2, 0) is 9.53 Å². The fraction of sp³-hybridized carbons (Fsp3) is 0.429. The highest BCUT2D eigenvalue weighted by molar-refractivity contribution is 5.99. The zero-order valence-electron chi connectivity index (χ0n) is 12.0. The van der Waals surface area contributed by atoms with Crippen LogP contribution in [0.4, 0.5) is 11.4 Å². The first-order valence-corrected chi connectivity index (χ1v) is 6.61. The van der Waals surface area contributed by atoms with Crippen molar-refractivity contribution in [1.82, 2.24) is 5.32 Å². The molecule has 0 radical (unpaired) electrons. The van der Waals surface area contributed by atoms with Crippen LogP contribution in [0.3, 0.4) is 0 Å². The fourth-order valence-electron chi connectivity index (χ4n) is 1.70. The van der Waals surface area contributed by atoms with E-state index in [0.717, 1.165) is 0 Å². The van der Waals surface area contributed by atoms with Crippen molar-refractivity contribution < 1.29 is 14.3 Å². The molecule has 0 fully saturated rings. The molecule has 6 heteroatoms. The smallest absolute Gasteiger partial charge is 0.340 e. The van der Waals surface area contributed by atoms with Gasteiger partial charge in [0.1, 0.15) is 6.04 Å². The van der Waals surface area contributed by atoms with E-state index in [9.17, 15) is 9.59 Å². The average Bonchev–Trinajstić information content (AvgIpc) is 2.41. The van der Waals surface area contributed by atoms with E-state index in [1.54, 1.807) is 32.0 Å². The van der Waals surface area contributed by atoms with Gasteiger partial charge >= 0.3 is 5.97 Å². The van der Waals surface area contributed by atoms with Crippen molar-refractivity contribution in [3.63, 3.8) is 0 Å². The zero-order valence-corrected chi connectivity index (χ0v) is 12.0. The third-order valence-corrected chi connectivity index (χ3v) is 2.72. The lowest BCUT2D eigenvalue weighted by Gasteiger charge is -2.17. The number of carbonyl (C=O) groups is 2. The molecule has 0 saturated carbocycles. The number of rotatable bonds is 6. The summed E-state index contributed by atoms with van der Waals surface area (Å²) < 4.78 is 4.93. The van der Waals surface area contributed by atoms with Gasteiger partial charge in [-0.25, -0.2) is 4.79 Å². The van der Waals surface area contributed by atoms with Gasteiger partial charge in [0, 0.05) is 6.54 Å². The molecule has 110 valence electrons. The number of anilines is 2. The Bertz CT molecular complexity index is 489. The van der Waals surface area contributed by atoms with Gasteiger partial charge < -0.3 is 21.1 Å². The lowest BCUT2D eigenvalue weighted by molar-refractivity contribution is -0.121. The van der Waals surface area contributed by atoms with E-state index in [1.807, 2.05) is 6.92 Å². The molecule has 1 amide bonds. The Kier molecular flexibility index (Phi) is 5.83. The molecule has 1 aromatic rings. The third kappa shape index (κ3) is 3.88. The van der Waals surface area contributed by atoms with Crippen LogP contribution in [0.5, 0.6) is 0 Å². The Balaban J connectivity index is 2.89. The molecule has 0 heterocycles. The molecule has 1 unspecified atom stereocenters. The first kappa shape index (κ1) is 15.8. The van der Waals surface area contributed by atoms with Gasteiger partial charge in [-0.3, -0.25) is 4.79 Å². The number of nitrogens with one attached hydrogen (secondary N) is 2. The summed E-state index contributed by atoms with van der Waals surface area (Å²) in [5, 5.41) is 5.70. The highest BCUT2D eigenvalue weighted by atomic mass is 16.5. The molecule has 0 aliphatic rings. The van der Waals surface area contributed by atoms with E-state index in [1.165, 1.54) is 0 Å². The summed E-state index contributed by atoms with van der Waals surface area (Å²) in [5.41, 5.74) is 7.05. The second-order valence-electron chi connectivity index (χ2n) is 4.25. The minimum Gasteiger partial charge on any atom is -0.462 e. The molecule has 1 aromatic carbocycles. The van der Waals surface area contributed by atoms with Crippen LogP contribution < -0.4 is 16.4 Å². The summed E-state index contributed by atoms with van der Waals surface area (Å²) in [6.45, 7) is 6.14. The highest BCUT2D eigenvalue weighted by Gasteiger charge is 2.17. The maximum atomic E-state index is 11.7. The van der Waals surface area contributed by atoms with Crippen molar-refractivity contribution >= 4 is 23.3 Å². The Morgan fingerprint density at radius 1 is 1.35 bits per heavy atom. The summed E-state index contributed by atoms with van der Waals surface area (Å²) in [7, 11) is 0. The van der Waals surface area contributed by atoms with Gasteiger partial charge in [-0.2, -0.15) is 0 Å². The molecule has 6 nitrogen and oxygen atoms in total. The van der Waals surface area contributed by atoms with Gasteiger partial charge in [0.2, 0.25) is 5.91 Å². The molecule has 4 N–H and O–H groups in total. The van der Waals surface area contributed by atoms with Crippen LogP contribution in [-0.4, -0.2) is 31.1 Å². The number of amides is 1. The number of ether oxygens (including phenoxy) is 1. The molecule has 20 heavy (non-hydrogen) atoms. The van der Waals surface area contributed by atoms with Crippen molar-refractivity contribution in [1.29, 1.82) is 0 Å². The number of carbonyl (C=O) groups excluding carboxylic acids is 2. The maximum Gasteiger partial charge on any atom is 0.340 e. The van der Waals surface area contributed by atoms with Crippen molar-refractivity contribution in [2.45, 2.75) is 26.8 Å². The normalized spacial score (nSPS) is 11.6. The molecule has 0 aliphatic heterocycles. The van der Waals surface area contributed by atoms with E-state index >= 15 is 0 Å². The van der Waals surface area contributed by atoms with Crippen LogP contribution in [0, 0.1) is 0 Å². The van der Waals surface area contributed by atoms with Gasteiger partial charge in [-0.1, -0.05) is 6.07 Å². The molecule has 1 rings (SSSR count). The largest absolute Gasteiger partial charge is 0.462 e. The lowest BCUT2D eigenvalue weighted by atomic mass is 10.1. The van der Waals surface area contributed by atoms with Gasteiger partial charge in [0.15, 0.2) is 0 Å². The van der Waals surface area contributed by atoms with Gasteiger partial charge in [-0.05, 0) is 32.9 Å². The number of para-hydroxylation sites is 1. The predicted molar refractivity (Wildman–Crippen MR) is 78.6 cm³/mol. The number of likely N-dealkylation sites (N-methyl/N-ethyl adjacent to an activating group) is 1. The molecule has 0 spiro atoms. The number of nitrogen functional groups attached to an aromatic ring is 1. The maximum absolute atomic E-state index is 11.7. The Hall–Kier alpha value is -2.24. The Morgan fingerprint density at radius 2 is 2.05 bits per heavy atom. The SMILES string of the molecule is CCNC(=O)C(C)Nc1cccc(C(=O)OCC)c1N. The van der Waals surface area contributed by atoms with Crippen LogP contribution >= 0.6 is 0 Å². The number of hydrogen-bond acceptors (Lipinski definition) is 5. The van der Waals surface area contributed by atoms with Crippen LogP contribution in [0.25, 0.3) is 0 Å². The second-order valence-corrected chi connectivity index (χ2v) is 4.25. The number of hydrogen-bond donors (Lipinski definition) is 3. The second kappa shape index (κ2) is 7.37. The fourth-order valence-corrected chi connectivity index (χ4v) is 1.70. The molecule has 1 atom stereocenters. The Morgan fingerprint density at radius 3 is 2.65 bits per heavy atom. The van der Waals surface area contributed by atoms with Crippen LogP contribution in [0.1, 0.15) is 31.1 Å².